The van der Waals surface area contributed by atoms with E-state index >= 15 is 0 Å². The van der Waals surface area contributed by atoms with Crippen LogP contribution in [0.4, 0.5) is 4.39 Å². The molecule has 0 heterocycles. The van der Waals surface area contributed by atoms with Crippen LogP contribution in [0, 0.1) is 17.2 Å². The highest BCUT2D eigenvalue weighted by Crippen LogP contribution is 2.28. The van der Waals surface area contributed by atoms with Gasteiger partial charge in [-0.2, -0.15) is 0 Å². The number of Topliss-reactive ketones (excluding diaryl/α,β-unsaturated/α-hetero) is 1. The van der Waals surface area contributed by atoms with Crippen LogP contribution in [-0.4, -0.2) is 12.9 Å². The second-order valence-electron chi connectivity index (χ2n) is 7.28. The number of methoxy groups -OCH3 is 1. The second kappa shape index (κ2) is 8.01. The van der Waals surface area contributed by atoms with Crippen molar-refractivity contribution in [2.24, 2.45) is 11.3 Å². The molecule has 2 aromatic rings. The van der Waals surface area contributed by atoms with E-state index in [9.17, 15) is 9.18 Å². The number of ether oxygens (including phenoxy) is 1. The monoisotopic (exact) mass is 362 g/mol. The minimum absolute atomic E-state index is 0.0869. The van der Waals surface area contributed by atoms with Crippen molar-refractivity contribution in [1.29, 1.82) is 0 Å². The van der Waals surface area contributed by atoms with E-state index in [0.29, 0.717) is 18.4 Å². The summed E-state index contributed by atoms with van der Waals surface area (Å²) in [5.41, 5.74) is 1.00. The van der Waals surface area contributed by atoms with Crippen molar-refractivity contribution in [3.63, 3.8) is 0 Å². The second-order valence-corrected chi connectivity index (χ2v) is 7.69. The molecule has 0 amide bonds. The van der Waals surface area contributed by atoms with Crippen LogP contribution in [-0.2, 0) is 17.6 Å². The first-order valence-corrected chi connectivity index (χ1v) is 8.70. The number of ketones is 1. The highest BCUT2D eigenvalue weighted by Gasteiger charge is 2.30. The van der Waals surface area contributed by atoms with Gasteiger partial charge >= 0.3 is 0 Å². The summed E-state index contributed by atoms with van der Waals surface area (Å²) in [6, 6.07) is 12.5. The van der Waals surface area contributed by atoms with Crippen molar-refractivity contribution in [3.8, 4) is 5.75 Å². The van der Waals surface area contributed by atoms with E-state index in [1.807, 2.05) is 45.0 Å². The minimum atomic E-state index is -0.494. The first-order valence-electron chi connectivity index (χ1n) is 8.32. The Morgan fingerprint density at radius 2 is 1.76 bits per heavy atom. The summed E-state index contributed by atoms with van der Waals surface area (Å²) in [4.78, 5) is 12.9. The normalized spacial score (nSPS) is 12.7. The predicted molar refractivity (Wildman–Crippen MR) is 99.8 cm³/mol. The summed E-state index contributed by atoms with van der Waals surface area (Å²) >= 11 is 5.89. The molecule has 0 aromatic heterocycles. The zero-order chi connectivity index (χ0) is 18.6. The van der Waals surface area contributed by atoms with Crippen LogP contribution in [0.5, 0.6) is 5.75 Å². The van der Waals surface area contributed by atoms with Gasteiger partial charge < -0.3 is 4.74 Å². The predicted octanol–water partition coefficient (Wildman–Crippen LogP) is 5.50. The van der Waals surface area contributed by atoms with Crippen molar-refractivity contribution in [2.45, 2.75) is 33.6 Å². The molecule has 0 aliphatic heterocycles. The molecule has 0 aliphatic rings. The summed E-state index contributed by atoms with van der Waals surface area (Å²) in [6.45, 7) is 5.68. The quantitative estimate of drug-likeness (QED) is 0.677. The lowest BCUT2D eigenvalue weighted by molar-refractivity contribution is -0.130. The lowest BCUT2D eigenvalue weighted by atomic mass is 9.78. The van der Waals surface area contributed by atoms with Gasteiger partial charge in [0.25, 0.3) is 0 Å². The van der Waals surface area contributed by atoms with Gasteiger partial charge in [-0.3, -0.25) is 4.79 Å². The molecule has 25 heavy (non-hydrogen) atoms. The number of benzene rings is 2. The molecule has 0 aliphatic carbocycles. The Morgan fingerprint density at radius 1 is 1.12 bits per heavy atom. The van der Waals surface area contributed by atoms with Crippen molar-refractivity contribution in [3.05, 3.63) is 64.4 Å². The summed E-state index contributed by atoms with van der Waals surface area (Å²) in [6.07, 6.45) is 0.876. The molecule has 0 fully saturated rings. The largest absolute Gasteiger partial charge is 0.497 e. The maximum absolute atomic E-state index is 14.3. The molecule has 2 aromatic carbocycles. The zero-order valence-corrected chi connectivity index (χ0v) is 15.9. The Kier molecular flexibility index (Phi) is 6.23. The number of hydrogen-bond donors (Lipinski definition) is 0. The van der Waals surface area contributed by atoms with Gasteiger partial charge in [-0.1, -0.05) is 56.6 Å². The smallest absolute Gasteiger partial charge is 0.144 e. The van der Waals surface area contributed by atoms with Crippen molar-refractivity contribution < 1.29 is 13.9 Å². The third-order valence-electron chi connectivity index (χ3n) is 4.25. The number of hydrogen-bond acceptors (Lipinski definition) is 2. The fourth-order valence-electron chi connectivity index (χ4n) is 2.89. The Bertz CT molecular complexity index is 733. The maximum atomic E-state index is 14.3. The van der Waals surface area contributed by atoms with Gasteiger partial charge in [0.05, 0.1) is 12.1 Å². The Balaban J connectivity index is 2.29. The average Bonchev–Trinajstić information content (AvgIpc) is 2.57. The Morgan fingerprint density at radius 3 is 2.32 bits per heavy atom. The molecule has 0 saturated heterocycles. The Labute approximate surface area is 154 Å². The van der Waals surface area contributed by atoms with E-state index in [-0.39, 0.29) is 16.7 Å². The van der Waals surface area contributed by atoms with Crippen LogP contribution in [0.25, 0.3) is 0 Å². The van der Waals surface area contributed by atoms with Gasteiger partial charge in [-0.25, -0.2) is 4.39 Å². The number of carbonyl (C=O) groups excluding carboxylic acids is 1. The van der Waals surface area contributed by atoms with Crippen molar-refractivity contribution in [2.75, 3.05) is 7.11 Å². The molecule has 134 valence electrons. The van der Waals surface area contributed by atoms with Crippen LogP contribution in [0.3, 0.4) is 0 Å². The van der Waals surface area contributed by atoms with E-state index in [1.54, 1.807) is 19.2 Å². The Hall–Kier alpha value is -1.87. The van der Waals surface area contributed by atoms with Gasteiger partial charge in [0.1, 0.15) is 17.3 Å². The minimum Gasteiger partial charge on any atom is -0.497 e. The molecule has 0 N–H and O–H groups in total. The average molecular weight is 363 g/mol. The first-order chi connectivity index (χ1) is 11.7. The summed E-state index contributed by atoms with van der Waals surface area (Å²) < 4.78 is 19.5. The van der Waals surface area contributed by atoms with Crippen LogP contribution in [0.15, 0.2) is 42.5 Å². The molecule has 1 unspecified atom stereocenters. The van der Waals surface area contributed by atoms with E-state index in [2.05, 4.69) is 0 Å². The lowest BCUT2D eigenvalue weighted by Gasteiger charge is -2.25. The van der Waals surface area contributed by atoms with Crippen LogP contribution >= 0.6 is 11.6 Å². The molecule has 0 saturated carbocycles. The molecule has 0 radical (unpaired) electrons. The third kappa shape index (κ3) is 5.05. The lowest BCUT2D eigenvalue weighted by Crippen LogP contribution is -2.31. The molecule has 0 bridgehead atoms. The first kappa shape index (κ1) is 19.5. The highest BCUT2D eigenvalue weighted by molar-refractivity contribution is 6.30. The standard InChI is InChI=1S/C21H24ClFO2/c1-21(2,3)20(24)16(12-14-8-10-17(25-4)11-9-14)13-15-6-5-7-18(22)19(15)23/h5-11,16H,12-13H2,1-4H3. The fraction of sp³-hybridized carbons (Fsp3) is 0.381. The van der Waals surface area contributed by atoms with Gasteiger partial charge in [0, 0.05) is 11.3 Å². The summed E-state index contributed by atoms with van der Waals surface area (Å²) in [5, 5.41) is 0.0869. The van der Waals surface area contributed by atoms with Crippen molar-refractivity contribution in [1.82, 2.24) is 0 Å². The third-order valence-corrected chi connectivity index (χ3v) is 4.54. The molecule has 0 spiro atoms. The van der Waals surface area contributed by atoms with E-state index in [0.717, 1.165) is 11.3 Å². The highest BCUT2D eigenvalue weighted by atomic mass is 35.5. The molecular weight excluding hydrogens is 339 g/mol. The van der Waals surface area contributed by atoms with Crippen LogP contribution < -0.4 is 4.74 Å². The van der Waals surface area contributed by atoms with Crippen molar-refractivity contribution >= 4 is 17.4 Å². The number of carbonyl (C=O) groups is 1. The van der Waals surface area contributed by atoms with E-state index < -0.39 is 11.2 Å². The van der Waals surface area contributed by atoms with Crippen LogP contribution in [0.2, 0.25) is 5.02 Å². The van der Waals surface area contributed by atoms with E-state index in [1.165, 1.54) is 6.07 Å². The van der Waals surface area contributed by atoms with Crippen LogP contribution in [0.1, 0.15) is 31.9 Å². The number of halogens is 2. The molecule has 2 rings (SSSR count). The van der Waals surface area contributed by atoms with Gasteiger partial charge in [-0.15, -0.1) is 0 Å². The molecule has 2 nitrogen and oxygen atoms in total. The molecule has 4 heteroatoms. The molecular formula is C21H24ClFO2. The number of rotatable bonds is 6. The zero-order valence-electron chi connectivity index (χ0n) is 15.1. The topological polar surface area (TPSA) is 26.3 Å². The van der Waals surface area contributed by atoms with Gasteiger partial charge in [0.15, 0.2) is 0 Å². The molecule has 1 atom stereocenters. The summed E-state index contributed by atoms with van der Waals surface area (Å²) in [7, 11) is 1.61. The maximum Gasteiger partial charge on any atom is 0.144 e. The summed E-state index contributed by atoms with van der Waals surface area (Å²) in [5.74, 6) is 0.123. The van der Waals surface area contributed by atoms with Gasteiger partial charge in [-0.05, 0) is 42.2 Å². The van der Waals surface area contributed by atoms with E-state index in [4.69, 9.17) is 16.3 Å². The fourth-order valence-corrected chi connectivity index (χ4v) is 3.08. The SMILES string of the molecule is COc1ccc(CC(Cc2cccc(Cl)c2F)C(=O)C(C)(C)C)cc1. The van der Waals surface area contributed by atoms with Gasteiger partial charge in [0.2, 0.25) is 0 Å².